The Morgan fingerprint density at radius 2 is 2.10 bits per heavy atom. The van der Waals surface area contributed by atoms with E-state index >= 15 is 0 Å². The van der Waals surface area contributed by atoms with Crippen LogP contribution in [0, 0.1) is 6.92 Å². The zero-order chi connectivity index (χ0) is 16.0. The lowest BCUT2D eigenvalue weighted by Gasteiger charge is -2.20. The number of hydrogen-bond donors (Lipinski definition) is 4. The van der Waals surface area contributed by atoms with Gasteiger partial charge in [-0.3, -0.25) is 14.9 Å². The normalized spacial score (nSPS) is 13.6. The fraction of sp³-hybridized carbons (Fsp3) is 0.462. The van der Waals surface area contributed by atoms with Crippen LogP contribution in [0.15, 0.2) is 12.1 Å². The molecular formula is C13H19N3O4S. The Labute approximate surface area is 126 Å². The minimum Gasteiger partial charge on any atom is -0.480 e. The predicted octanol–water partition coefficient (Wildman–Crippen LogP) is 0.721. The number of thioether (sulfide) groups is 1. The first-order valence-corrected chi connectivity index (χ1v) is 7.37. The Morgan fingerprint density at radius 3 is 2.62 bits per heavy atom. The van der Waals surface area contributed by atoms with E-state index in [2.05, 4.69) is 10.3 Å². The third-order valence-corrected chi connectivity index (χ3v) is 4.01. The zero-order valence-electron chi connectivity index (χ0n) is 11.9. The molecular weight excluding hydrogens is 294 g/mol. The maximum Gasteiger partial charge on any atom is 0.321 e. The number of carboxylic acids is 2. The summed E-state index contributed by atoms with van der Waals surface area (Å²) in [5.41, 5.74) is 7.42. The van der Waals surface area contributed by atoms with Crippen molar-refractivity contribution in [2.24, 2.45) is 0 Å². The van der Waals surface area contributed by atoms with Crippen LogP contribution in [-0.2, 0) is 15.3 Å². The fourth-order valence-corrected chi connectivity index (χ4v) is 2.79. The molecule has 0 saturated heterocycles. The topological polar surface area (TPSA) is 126 Å². The second-order valence-electron chi connectivity index (χ2n) is 4.67. The number of pyridine rings is 1. The number of anilines is 1. The molecule has 1 heterocycles. The summed E-state index contributed by atoms with van der Waals surface area (Å²) in [4.78, 5) is 25.9. The van der Waals surface area contributed by atoms with E-state index in [9.17, 15) is 9.59 Å². The molecule has 0 spiro atoms. The van der Waals surface area contributed by atoms with Crippen molar-refractivity contribution in [1.29, 1.82) is 0 Å². The molecule has 1 aromatic heterocycles. The summed E-state index contributed by atoms with van der Waals surface area (Å²) in [5.74, 6) is -1.23. The van der Waals surface area contributed by atoms with Gasteiger partial charge in [-0.05, 0) is 24.6 Å². The number of aliphatic carboxylic acids is 2. The van der Waals surface area contributed by atoms with Crippen molar-refractivity contribution in [3.63, 3.8) is 0 Å². The van der Waals surface area contributed by atoms with Crippen molar-refractivity contribution in [2.45, 2.75) is 30.9 Å². The number of carboxylic acid groups (broad SMARTS) is 2. The van der Waals surface area contributed by atoms with Gasteiger partial charge in [0.25, 0.3) is 0 Å². The third kappa shape index (κ3) is 6.01. The van der Waals surface area contributed by atoms with Crippen LogP contribution in [0.5, 0.6) is 0 Å². The fourth-order valence-electron chi connectivity index (χ4n) is 1.81. The number of rotatable bonds is 8. The van der Waals surface area contributed by atoms with Crippen LogP contribution in [0.25, 0.3) is 0 Å². The molecule has 0 aliphatic heterocycles. The zero-order valence-corrected chi connectivity index (χ0v) is 12.7. The van der Waals surface area contributed by atoms with E-state index in [1.165, 1.54) is 11.8 Å². The molecule has 2 atom stereocenters. The molecule has 0 bridgehead atoms. The van der Waals surface area contributed by atoms with E-state index < -0.39 is 24.5 Å². The van der Waals surface area contributed by atoms with E-state index in [-0.39, 0.29) is 5.25 Å². The van der Waals surface area contributed by atoms with Gasteiger partial charge in [-0.2, -0.15) is 11.8 Å². The van der Waals surface area contributed by atoms with Gasteiger partial charge in [0, 0.05) is 11.0 Å². The molecule has 1 rings (SSSR count). The minimum atomic E-state index is -1.09. The second-order valence-corrected chi connectivity index (χ2v) is 6.03. The number of nitrogens with one attached hydrogen (secondary N) is 1. The molecule has 0 fully saturated rings. The molecule has 21 heavy (non-hydrogen) atoms. The highest BCUT2D eigenvalue weighted by Crippen LogP contribution is 2.21. The standard InChI is InChI=1S/C13H19N3O4S/c1-7-3-9(16-10(14)4-7)6-21-8(2)12(13(19)20)15-5-11(17)18/h3-4,8,12,15H,5-6H2,1-2H3,(H2,14,16)(H,17,18)(H,19,20)/t8-,12-/m0/s1. The Hall–Kier alpha value is -1.80. The van der Waals surface area contributed by atoms with Crippen LogP contribution < -0.4 is 11.1 Å². The van der Waals surface area contributed by atoms with Gasteiger partial charge in [-0.25, -0.2) is 4.98 Å². The van der Waals surface area contributed by atoms with Crippen molar-refractivity contribution in [3.05, 3.63) is 23.4 Å². The van der Waals surface area contributed by atoms with Crippen molar-refractivity contribution in [2.75, 3.05) is 12.3 Å². The Balaban J connectivity index is 2.62. The van der Waals surface area contributed by atoms with Crippen molar-refractivity contribution >= 4 is 29.5 Å². The van der Waals surface area contributed by atoms with Crippen LogP contribution in [-0.4, -0.2) is 45.0 Å². The van der Waals surface area contributed by atoms with Crippen LogP contribution in [0.1, 0.15) is 18.2 Å². The predicted molar refractivity (Wildman–Crippen MR) is 81.2 cm³/mol. The number of hydrogen-bond acceptors (Lipinski definition) is 6. The molecule has 0 aromatic carbocycles. The van der Waals surface area contributed by atoms with Crippen LogP contribution in [0.4, 0.5) is 5.82 Å². The number of carbonyl (C=O) groups is 2. The molecule has 1 aromatic rings. The summed E-state index contributed by atoms with van der Waals surface area (Å²) in [6, 6.07) is 2.70. The highest BCUT2D eigenvalue weighted by Gasteiger charge is 2.25. The molecule has 0 saturated carbocycles. The van der Waals surface area contributed by atoms with Crippen molar-refractivity contribution in [1.82, 2.24) is 10.3 Å². The van der Waals surface area contributed by atoms with Crippen molar-refractivity contribution in [3.8, 4) is 0 Å². The average Bonchev–Trinajstić information content (AvgIpc) is 2.34. The Bertz CT molecular complexity index is 504. The summed E-state index contributed by atoms with van der Waals surface area (Å²) in [7, 11) is 0. The van der Waals surface area contributed by atoms with Gasteiger partial charge >= 0.3 is 11.9 Å². The number of nitrogen functional groups attached to an aromatic ring is 1. The van der Waals surface area contributed by atoms with E-state index in [1.54, 1.807) is 13.0 Å². The molecule has 0 radical (unpaired) electrons. The Kier molecular flexibility index (Phi) is 6.44. The molecule has 0 aliphatic carbocycles. The quantitative estimate of drug-likeness (QED) is 0.553. The molecule has 0 unspecified atom stereocenters. The van der Waals surface area contributed by atoms with Gasteiger partial charge in [0.2, 0.25) is 0 Å². The molecule has 0 aliphatic rings. The summed E-state index contributed by atoms with van der Waals surface area (Å²) in [6.45, 7) is 3.25. The summed E-state index contributed by atoms with van der Waals surface area (Å²) >= 11 is 1.38. The van der Waals surface area contributed by atoms with Gasteiger partial charge in [-0.1, -0.05) is 6.92 Å². The molecule has 5 N–H and O–H groups in total. The number of nitrogens with two attached hydrogens (primary N) is 1. The molecule has 116 valence electrons. The first-order chi connectivity index (χ1) is 9.79. The van der Waals surface area contributed by atoms with E-state index in [1.807, 2.05) is 13.0 Å². The number of aromatic nitrogens is 1. The van der Waals surface area contributed by atoms with E-state index in [0.717, 1.165) is 11.3 Å². The highest BCUT2D eigenvalue weighted by atomic mass is 32.2. The first-order valence-electron chi connectivity index (χ1n) is 6.32. The SMILES string of the molecule is Cc1cc(N)nc(CS[C@@H](C)[C@H](NCC(=O)O)C(=O)O)c1. The van der Waals surface area contributed by atoms with Gasteiger partial charge in [0.1, 0.15) is 11.9 Å². The van der Waals surface area contributed by atoms with Crippen molar-refractivity contribution < 1.29 is 19.8 Å². The van der Waals surface area contributed by atoms with Gasteiger partial charge in [0.15, 0.2) is 0 Å². The van der Waals surface area contributed by atoms with Crippen LogP contribution in [0.2, 0.25) is 0 Å². The van der Waals surface area contributed by atoms with Gasteiger partial charge in [-0.15, -0.1) is 0 Å². The maximum atomic E-state index is 11.2. The molecule has 0 amide bonds. The van der Waals surface area contributed by atoms with Gasteiger partial charge < -0.3 is 15.9 Å². The lowest BCUT2D eigenvalue weighted by atomic mass is 10.2. The highest BCUT2D eigenvalue weighted by molar-refractivity contribution is 7.99. The summed E-state index contributed by atoms with van der Waals surface area (Å²) in [5, 5.41) is 19.9. The van der Waals surface area contributed by atoms with E-state index in [0.29, 0.717) is 11.6 Å². The largest absolute Gasteiger partial charge is 0.480 e. The summed E-state index contributed by atoms with van der Waals surface area (Å²) in [6.07, 6.45) is 0. The maximum absolute atomic E-state index is 11.2. The van der Waals surface area contributed by atoms with Crippen LogP contribution >= 0.6 is 11.8 Å². The number of aryl methyl sites for hydroxylation is 1. The lowest BCUT2D eigenvalue weighted by molar-refractivity contribution is -0.140. The number of nitrogens with zero attached hydrogens (tertiary/aromatic N) is 1. The average molecular weight is 313 g/mol. The van der Waals surface area contributed by atoms with E-state index in [4.69, 9.17) is 15.9 Å². The third-order valence-electron chi connectivity index (χ3n) is 2.75. The molecule has 7 nitrogen and oxygen atoms in total. The second kappa shape index (κ2) is 7.84. The lowest BCUT2D eigenvalue weighted by Crippen LogP contribution is -2.45. The summed E-state index contributed by atoms with van der Waals surface area (Å²) < 4.78 is 0. The smallest absolute Gasteiger partial charge is 0.321 e. The minimum absolute atomic E-state index is 0.314. The Morgan fingerprint density at radius 1 is 1.43 bits per heavy atom. The monoisotopic (exact) mass is 313 g/mol. The van der Waals surface area contributed by atoms with Gasteiger partial charge in [0.05, 0.1) is 12.2 Å². The molecule has 8 heteroatoms. The van der Waals surface area contributed by atoms with Crippen LogP contribution in [0.3, 0.4) is 0 Å². The first kappa shape index (κ1) is 17.3.